The van der Waals surface area contributed by atoms with Crippen LogP contribution in [0.1, 0.15) is 9.67 Å². The molecule has 0 aliphatic rings. The van der Waals surface area contributed by atoms with Crippen molar-refractivity contribution in [2.24, 2.45) is 0 Å². The summed E-state index contributed by atoms with van der Waals surface area (Å²) in [6.07, 6.45) is 0. The van der Waals surface area contributed by atoms with Crippen LogP contribution in [0.4, 0.5) is 10.8 Å². The van der Waals surface area contributed by atoms with E-state index in [1.807, 2.05) is 71.4 Å². The highest BCUT2D eigenvalue weighted by atomic mass is 32.2. The van der Waals surface area contributed by atoms with Crippen LogP contribution in [0.3, 0.4) is 0 Å². The molecular weight excluding hydrogens is 434 g/mol. The predicted molar refractivity (Wildman–Crippen MR) is 126 cm³/mol. The molecule has 2 heterocycles. The second-order valence-electron chi connectivity index (χ2n) is 6.20. The van der Waals surface area contributed by atoms with E-state index < -0.39 is 0 Å². The lowest BCUT2D eigenvalue weighted by atomic mass is 10.2. The molecule has 2 aromatic heterocycles. The number of nitrogens with zero attached hydrogens (tertiary/aromatic N) is 1. The highest BCUT2D eigenvalue weighted by molar-refractivity contribution is 8.00. The lowest BCUT2D eigenvalue weighted by Gasteiger charge is -2.06. The summed E-state index contributed by atoms with van der Waals surface area (Å²) >= 11 is 4.24. The minimum atomic E-state index is -0.122. The van der Waals surface area contributed by atoms with Crippen molar-refractivity contribution >= 4 is 57.1 Å². The SMILES string of the molecule is O=C(CSc1ccc(NC(=O)c2cccs2)cc1)Nc1nc(-c2ccccc2)cs1. The maximum Gasteiger partial charge on any atom is 0.265 e. The van der Waals surface area contributed by atoms with E-state index in [1.54, 1.807) is 6.07 Å². The van der Waals surface area contributed by atoms with Gasteiger partial charge in [-0.2, -0.15) is 0 Å². The van der Waals surface area contributed by atoms with Crippen molar-refractivity contribution < 1.29 is 9.59 Å². The molecule has 0 saturated carbocycles. The number of hydrogen-bond acceptors (Lipinski definition) is 6. The Labute approximate surface area is 186 Å². The molecule has 5 nitrogen and oxygen atoms in total. The number of amides is 2. The summed E-state index contributed by atoms with van der Waals surface area (Å²) in [7, 11) is 0. The summed E-state index contributed by atoms with van der Waals surface area (Å²) in [6, 6.07) is 20.9. The van der Waals surface area contributed by atoms with E-state index in [1.165, 1.54) is 34.4 Å². The van der Waals surface area contributed by atoms with Crippen LogP contribution in [0.25, 0.3) is 11.3 Å². The van der Waals surface area contributed by atoms with Gasteiger partial charge in [-0.05, 0) is 35.7 Å². The fourth-order valence-electron chi connectivity index (χ4n) is 2.61. The summed E-state index contributed by atoms with van der Waals surface area (Å²) in [5, 5.41) is 10.1. The number of nitrogens with one attached hydrogen (secondary N) is 2. The minimum absolute atomic E-state index is 0.107. The maximum absolute atomic E-state index is 12.3. The monoisotopic (exact) mass is 451 g/mol. The number of hydrogen-bond donors (Lipinski definition) is 2. The number of carbonyl (C=O) groups is 2. The summed E-state index contributed by atoms with van der Waals surface area (Å²) in [5.41, 5.74) is 2.59. The highest BCUT2D eigenvalue weighted by Crippen LogP contribution is 2.25. The van der Waals surface area contributed by atoms with Gasteiger partial charge >= 0.3 is 0 Å². The minimum Gasteiger partial charge on any atom is -0.321 e. The van der Waals surface area contributed by atoms with E-state index in [9.17, 15) is 9.59 Å². The van der Waals surface area contributed by atoms with E-state index in [0.717, 1.165) is 21.8 Å². The van der Waals surface area contributed by atoms with E-state index >= 15 is 0 Å². The van der Waals surface area contributed by atoms with Gasteiger partial charge in [0.05, 0.1) is 16.3 Å². The third-order valence-corrected chi connectivity index (χ3v) is 6.69. The standard InChI is InChI=1S/C22H17N3O2S3/c26-20(25-22-24-18(13-30-22)15-5-2-1-3-6-15)14-29-17-10-8-16(9-11-17)23-21(27)19-7-4-12-28-19/h1-13H,14H2,(H,23,27)(H,24,25,26). The number of thiazole rings is 1. The number of benzene rings is 2. The summed E-state index contributed by atoms with van der Waals surface area (Å²) < 4.78 is 0. The predicted octanol–water partition coefficient (Wildman–Crippen LogP) is 5.85. The van der Waals surface area contributed by atoms with E-state index in [4.69, 9.17) is 0 Å². The Morgan fingerprint density at radius 3 is 2.43 bits per heavy atom. The summed E-state index contributed by atoms with van der Waals surface area (Å²) in [6.45, 7) is 0. The van der Waals surface area contributed by atoms with E-state index in [2.05, 4.69) is 15.6 Å². The van der Waals surface area contributed by atoms with Crippen molar-refractivity contribution in [2.75, 3.05) is 16.4 Å². The number of thioether (sulfide) groups is 1. The molecule has 0 unspecified atom stereocenters. The lowest BCUT2D eigenvalue weighted by Crippen LogP contribution is -2.13. The van der Waals surface area contributed by atoms with Crippen LogP contribution >= 0.6 is 34.4 Å². The van der Waals surface area contributed by atoms with Crippen molar-refractivity contribution in [3.8, 4) is 11.3 Å². The number of aromatic nitrogens is 1. The first-order valence-electron chi connectivity index (χ1n) is 9.06. The number of thiophene rings is 1. The molecule has 0 fully saturated rings. The van der Waals surface area contributed by atoms with Gasteiger partial charge in [0.25, 0.3) is 5.91 Å². The van der Waals surface area contributed by atoms with Crippen LogP contribution < -0.4 is 10.6 Å². The van der Waals surface area contributed by atoms with Crippen LogP contribution in [0.15, 0.2) is 82.4 Å². The van der Waals surface area contributed by atoms with Crippen molar-refractivity contribution in [3.05, 3.63) is 82.4 Å². The van der Waals surface area contributed by atoms with Crippen LogP contribution in [-0.4, -0.2) is 22.6 Å². The largest absolute Gasteiger partial charge is 0.321 e. The van der Waals surface area contributed by atoms with Crippen molar-refractivity contribution in [1.82, 2.24) is 4.98 Å². The zero-order valence-electron chi connectivity index (χ0n) is 15.7. The number of carbonyl (C=O) groups excluding carboxylic acids is 2. The second kappa shape index (κ2) is 9.71. The molecule has 0 aliphatic carbocycles. The van der Waals surface area contributed by atoms with Crippen LogP contribution in [-0.2, 0) is 4.79 Å². The fraction of sp³-hybridized carbons (Fsp3) is 0.0455. The highest BCUT2D eigenvalue weighted by Gasteiger charge is 2.10. The molecule has 4 aromatic rings. The van der Waals surface area contributed by atoms with Crippen LogP contribution in [0, 0.1) is 0 Å². The topological polar surface area (TPSA) is 71.1 Å². The molecule has 150 valence electrons. The Morgan fingerprint density at radius 2 is 1.70 bits per heavy atom. The van der Waals surface area contributed by atoms with Gasteiger partial charge in [0.2, 0.25) is 5.91 Å². The fourth-order valence-corrected chi connectivity index (χ4v) is 4.67. The van der Waals surface area contributed by atoms with Gasteiger partial charge in [0.15, 0.2) is 5.13 Å². The molecule has 0 aliphatic heterocycles. The lowest BCUT2D eigenvalue weighted by molar-refractivity contribution is -0.113. The first kappa shape index (κ1) is 20.3. The Bertz CT molecular complexity index is 1120. The third-order valence-electron chi connectivity index (χ3n) is 4.05. The normalized spacial score (nSPS) is 10.5. The Balaban J connectivity index is 1.27. The summed E-state index contributed by atoms with van der Waals surface area (Å²) in [4.78, 5) is 30.4. The second-order valence-corrected chi connectivity index (χ2v) is 9.05. The first-order valence-corrected chi connectivity index (χ1v) is 11.8. The van der Waals surface area contributed by atoms with Gasteiger partial charge in [-0.3, -0.25) is 9.59 Å². The zero-order valence-corrected chi connectivity index (χ0v) is 18.2. The van der Waals surface area contributed by atoms with E-state index in [0.29, 0.717) is 10.0 Å². The average molecular weight is 452 g/mol. The molecule has 4 rings (SSSR count). The molecule has 0 bridgehead atoms. The van der Waals surface area contributed by atoms with Crippen LogP contribution in [0.2, 0.25) is 0 Å². The third kappa shape index (κ3) is 5.35. The van der Waals surface area contributed by atoms with Gasteiger partial charge in [0, 0.05) is 21.5 Å². The molecule has 2 amide bonds. The van der Waals surface area contributed by atoms with Crippen molar-refractivity contribution in [1.29, 1.82) is 0 Å². The van der Waals surface area contributed by atoms with Gasteiger partial charge < -0.3 is 10.6 Å². The van der Waals surface area contributed by atoms with Gasteiger partial charge in [-0.1, -0.05) is 36.4 Å². The van der Waals surface area contributed by atoms with Crippen molar-refractivity contribution in [3.63, 3.8) is 0 Å². The Kier molecular flexibility index (Phi) is 6.58. The maximum atomic E-state index is 12.3. The van der Waals surface area contributed by atoms with Gasteiger partial charge in [-0.15, -0.1) is 34.4 Å². The molecule has 8 heteroatoms. The molecule has 0 radical (unpaired) electrons. The molecular formula is C22H17N3O2S3. The molecule has 0 spiro atoms. The smallest absolute Gasteiger partial charge is 0.265 e. The average Bonchev–Trinajstić information content (AvgIpc) is 3.46. The van der Waals surface area contributed by atoms with Gasteiger partial charge in [0.1, 0.15) is 0 Å². The molecule has 2 N–H and O–H groups in total. The summed E-state index contributed by atoms with van der Waals surface area (Å²) in [5.74, 6) is 0.0494. The van der Waals surface area contributed by atoms with Crippen LogP contribution in [0.5, 0.6) is 0 Å². The quantitative estimate of drug-likeness (QED) is 0.346. The Morgan fingerprint density at radius 1 is 0.900 bits per heavy atom. The van der Waals surface area contributed by atoms with E-state index in [-0.39, 0.29) is 17.6 Å². The number of rotatable bonds is 7. The molecule has 2 aromatic carbocycles. The molecule has 0 saturated heterocycles. The Hall–Kier alpha value is -2.94. The molecule has 30 heavy (non-hydrogen) atoms. The first-order chi connectivity index (χ1) is 14.7. The molecule has 0 atom stereocenters. The van der Waals surface area contributed by atoms with Crippen molar-refractivity contribution in [2.45, 2.75) is 4.90 Å². The van der Waals surface area contributed by atoms with Gasteiger partial charge in [-0.25, -0.2) is 4.98 Å². The zero-order chi connectivity index (χ0) is 20.8. The number of anilines is 2.